The number of nitrogens with one attached hydrogen (secondary N) is 1. The Morgan fingerprint density at radius 3 is 2.28 bits per heavy atom. The maximum Gasteiger partial charge on any atom is 0.420 e. The first-order chi connectivity index (χ1) is 25.2. The molecule has 282 valence electrons. The average molecular weight is 766 g/mol. The lowest BCUT2D eigenvalue weighted by Gasteiger charge is -2.32. The molecule has 4 aromatic rings. The summed E-state index contributed by atoms with van der Waals surface area (Å²) in [6.45, 7) is 15.6. The topological polar surface area (TPSA) is 118 Å². The van der Waals surface area contributed by atoms with Crippen molar-refractivity contribution in [3.05, 3.63) is 81.2 Å². The lowest BCUT2D eigenvalue weighted by atomic mass is 10.0. The number of aromatic nitrogens is 2. The molecule has 0 bridgehead atoms. The number of methoxy groups -OCH3 is 2. The summed E-state index contributed by atoms with van der Waals surface area (Å²) < 4.78 is 18.6. The highest BCUT2D eigenvalue weighted by Crippen LogP contribution is 2.46. The van der Waals surface area contributed by atoms with E-state index in [1.807, 2.05) is 13.0 Å². The van der Waals surface area contributed by atoms with Crippen LogP contribution in [0.3, 0.4) is 0 Å². The second kappa shape index (κ2) is 16.6. The predicted molar refractivity (Wildman–Crippen MR) is 211 cm³/mol. The van der Waals surface area contributed by atoms with Gasteiger partial charge in [0.05, 0.1) is 46.7 Å². The predicted octanol–water partition coefficient (Wildman–Crippen LogP) is 7.53. The van der Waals surface area contributed by atoms with E-state index in [1.54, 1.807) is 61.9 Å². The molecule has 1 fully saturated rings. The number of benzene rings is 2. The monoisotopic (exact) mass is 764 g/mol. The number of nitrogens with zero attached hydrogens (tertiary/aromatic N) is 5. The summed E-state index contributed by atoms with van der Waals surface area (Å²) in [4.78, 5) is 52.1. The Balaban J connectivity index is 1.74. The van der Waals surface area contributed by atoms with Gasteiger partial charge < -0.3 is 33.9 Å². The number of amides is 2. The van der Waals surface area contributed by atoms with Gasteiger partial charge in [0.15, 0.2) is 0 Å². The second-order valence-corrected chi connectivity index (χ2v) is 14.6. The van der Waals surface area contributed by atoms with Crippen LogP contribution in [0.25, 0.3) is 22.0 Å². The Bertz CT molecular complexity index is 2060. The van der Waals surface area contributed by atoms with Crippen molar-refractivity contribution in [3.63, 3.8) is 0 Å². The van der Waals surface area contributed by atoms with Crippen LogP contribution >= 0.6 is 23.2 Å². The molecule has 1 saturated heterocycles. The Hall–Kier alpha value is -4.62. The molecule has 3 heterocycles. The average Bonchev–Trinajstić information content (AvgIpc) is 3.11. The van der Waals surface area contributed by atoms with E-state index in [2.05, 4.69) is 28.7 Å². The molecule has 12 nitrogen and oxygen atoms in total. The van der Waals surface area contributed by atoms with Crippen LogP contribution in [0.4, 0.5) is 22.0 Å². The van der Waals surface area contributed by atoms with Crippen molar-refractivity contribution >= 4 is 63.3 Å². The Morgan fingerprint density at radius 1 is 1.02 bits per heavy atom. The lowest BCUT2D eigenvalue weighted by molar-refractivity contribution is -0.111. The summed E-state index contributed by atoms with van der Waals surface area (Å²) in [5.41, 5.74) is 1.16. The van der Waals surface area contributed by atoms with Crippen molar-refractivity contribution in [2.75, 3.05) is 64.2 Å². The van der Waals surface area contributed by atoms with Gasteiger partial charge in [0, 0.05) is 62.0 Å². The number of anilines is 3. The molecule has 1 aliphatic heterocycles. The summed E-state index contributed by atoms with van der Waals surface area (Å²) in [6, 6.07) is 10.2. The Kier molecular flexibility index (Phi) is 12.4. The van der Waals surface area contributed by atoms with Crippen LogP contribution in [0.15, 0.2) is 60.0 Å². The van der Waals surface area contributed by atoms with Crippen molar-refractivity contribution in [1.82, 2.24) is 19.4 Å². The molecular weight excluding hydrogens is 719 g/mol. The van der Waals surface area contributed by atoms with Gasteiger partial charge in [-0.2, -0.15) is 0 Å². The zero-order chi connectivity index (χ0) is 38.6. The molecule has 1 N–H and O–H groups in total. The number of para-hydroxylation sites is 1. The molecule has 53 heavy (non-hydrogen) atoms. The first-order valence-corrected chi connectivity index (χ1v) is 18.0. The summed E-state index contributed by atoms with van der Waals surface area (Å²) in [5, 5.41) is 3.71. The van der Waals surface area contributed by atoms with E-state index in [9.17, 15) is 14.4 Å². The van der Waals surface area contributed by atoms with Gasteiger partial charge >= 0.3 is 6.09 Å². The van der Waals surface area contributed by atoms with E-state index in [-0.39, 0.29) is 32.5 Å². The van der Waals surface area contributed by atoms with Crippen molar-refractivity contribution in [2.45, 2.75) is 46.3 Å². The molecular formula is C39H46Cl2N6O6. The van der Waals surface area contributed by atoms with Gasteiger partial charge in [0.25, 0.3) is 5.56 Å². The van der Waals surface area contributed by atoms with Gasteiger partial charge in [-0.1, -0.05) is 41.9 Å². The number of aryl methyl sites for hydroxylation is 2. The van der Waals surface area contributed by atoms with Gasteiger partial charge in [-0.15, -0.1) is 0 Å². The van der Waals surface area contributed by atoms with E-state index in [4.69, 9.17) is 42.4 Å². The molecule has 2 aromatic carbocycles. The molecule has 14 heteroatoms. The highest BCUT2D eigenvalue weighted by Gasteiger charge is 2.30. The summed E-state index contributed by atoms with van der Waals surface area (Å²) in [7, 11) is 5.05. The smallest absolute Gasteiger partial charge is 0.420 e. The van der Waals surface area contributed by atoms with Crippen molar-refractivity contribution < 1.29 is 23.8 Å². The molecule has 0 radical (unpaired) electrons. The van der Waals surface area contributed by atoms with Crippen molar-refractivity contribution in [1.29, 1.82) is 0 Å². The highest BCUT2D eigenvalue weighted by molar-refractivity contribution is 6.41. The first-order valence-electron chi connectivity index (χ1n) is 17.3. The van der Waals surface area contributed by atoms with Crippen LogP contribution in [0.2, 0.25) is 10.0 Å². The fourth-order valence-electron chi connectivity index (χ4n) is 6.28. The number of pyridine rings is 2. The lowest BCUT2D eigenvalue weighted by Crippen LogP contribution is -2.44. The largest absolute Gasteiger partial charge is 0.495 e. The highest BCUT2D eigenvalue weighted by atomic mass is 35.5. The van der Waals surface area contributed by atoms with E-state index in [0.717, 1.165) is 38.8 Å². The summed E-state index contributed by atoms with van der Waals surface area (Å²) in [5.74, 6) is 0.307. The third-order valence-corrected chi connectivity index (χ3v) is 9.72. The first kappa shape index (κ1) is 39.6. The summed E-state index contributed by atoms with van der Waals surface area (Å²) in [6.07, 6.45) is 2.66. The van der Waals surface area contributed by atoms with E-state index in [1.165, 1.54) is 19.1 Å². The van der Waals surface area contributed by atoms with Crippen LogP contribution in [-0.4, -0.2) is 90.9 Å². The number of likely N-dealkylation sites (N-methyl/N-ethyl adjacent to an activating group) is 1. The molecule has 2 aromatic heterocycles. The fraction of sp³-hybridized carbons (Fsp3) is 0.385. The molecule has 0 spiro atoms. The number of halogens is 2. The van der Waals surface area contributed by atoms with Crippen LogP contribution in [-0.2, 0) is 16.1 Å². The minimum Gasteiger partial charge on any atom is -0.495 e. The van der Waals surface area contributed by atoms with Gasteiger partial charge in [0.2, 0.25) is 5.91 Å². The third-order valence-electron chi connectivity index (χ3n) is 8.97. The number of ether oxygens (including phenoxy) is 3. The number of hydrogen-bond donors (Lipinski definition) is 1. The second-order valence-electron chi connectivity index (χ2n) is 13.9. The van der Waals surface area contributed by atoms with Crippen LogP contribution < -0.4 is 25.2 Å². The van der Waals surface area contributed by atoms with Gasteiger partial charge in [-0.3, -0.25) is 9.59 Å². The maximum absolute atomic E-state index is 14.7. The number of rotatable bonds is 11. The third kappa shape index (κ3) is 8.79. The zero-order valence-corrected chi connectivity index (χ0v) is 32.7. The molecule has 0 unspecified atom stereocenters. The Labute approximate surface area is 319 Å². The Morgan fingerprint density at radius 2 is 1.68 bits per heavy atom. The van der Waals surface area contributed by atoms with Crippen molar-refractivity contribution in [2.24, 2.45) is 0 Å². The minimum atomic E-state index is -0.865. The molecule has 5 rings (SSSR count). The van der Waals surface area contributed by atoms with Gasteiger partial charge in [-0.25, -0.2) is 14.7 Å². The normalized spacial score (nSPS) is 13.8. The number of hydrogen-bond acceptors (Lipinski definition) is 9. The van der Waals surface area contributed by atoms with Crippen LogP contribution in [0, 0.1) is 6.92 Å². The van der Waals surface area contributed by atoms with E-state index in [0.29, 0.717) is 52.3 Å². The number of piperazine rings is 1. The minimum absolute atomic E-state index is 0.160. The standard InChI is InChI=1S/C39H46Cl2N6O6/c1-9-32(48)43-27-13-10-12-24(2)36(27)47(38(50)53-39(3,4)5)31-21-28-25(23-42-31)20-26(33-34(40)29(51-7)22-30(52-8)35(33)41)37(49)46(28)15-11-14-45-18-16-44(6)17-19-45/h9-10,12-13,20-23H,1,11,14-19H2,2-8H3,(H,43,48). The summed E-state index contributed by atoms with van der Waals surface area (Å²) >= 11 is 13.7. The fourth-order valence-corrected chi connectivity index (χ4v) is 6.98. The molecule has 0 aliphatic carbocycles. The van der Waals surface area contributed by atoms with Gasteiger partial charge in [-0.05, 0) is 71.5 Å². The molecule has 0 atom stereocenters. The SMILES string of the molecule is C=CC(=O)Nc1cccc(C)c1N(C(=O)OC(C)(C)C)c1cc2c(cn1)cc(-c1c(Cl)c(OC)cc(OC)c1Cl)c(=O)n2CCCN1CCN(C)CC1. The number of carbonyl (C=O) groups excluding carboxylic acids is 2. The maximum atomic E-state index is 14.7. The van der Waals surface area contributed by atoms with Crippen molar-refractivity contribution in [3.8, 4) is 22.6 Å². The number of carbonyl (C=O) groups is 2. The van der Waals surface area contributed by atoms with Gasteiger partial charge in [0.1, 0.15) is 22.9 Å². The molecule has 2 amide bonds. The van der Waals surface area contributed by atoms with Crippen LogP contribution in [0.5, 0.6) is 11.5 Å². The number of fused-ring (bicyclic) bond motifs is 1. The zero-order valence-electron chi connectivity index (χ0n) is 31.2. The molecule has 0 saturated carbocycles. The molecule has 1 aliphatic rings. The van der Waals surface area contributed by atoms with Crippen LogP contribution in [0.1, 0.15) is 32.8 Å². The van der Waals surface area contributed by atoms with E-state index >= 15 is 0 Å². The quantitative estimate of drug-likeness (QED) is 0.155. The van der Waals surface area contributed by atoms with E-state index < -0.39 is 17.6 Å².